The SMILES string of the molecule is O=C(Cn1cc(C(=O)O)ccc1=O)Nc1ccc(F)cc1F. The average molecular weight is 308 g/mol. The molecule has 114 valence electrons. The van der Waals surface area contributed by atoms with Gasteiger partial charge in [0.15, 0.2) is 0 Å². The Hall–Kier alpha value is -3.03. The molecule has 6 nitrogen and oxygen atoms in total. The number of rotatable bonds is 4. The zero-order valence-corrected chi connectivity index (χ0v) is 11.0. The molecule has 0 spiro atoms. The van der Waals surface area contributed by atoms with E-state index in [4.69, 9.17) is 5.11 Å². The number of halogens is 2. The molecule has 2 rings (SSSR count). The third-order valence-electron chi connectivity index (χ3n) is 2.75. The zero-order valence-electron chi connectivity index (χ0n) is 11.0. The van der Waals surface area contributed by atoms with Gasteiger partial charge in [-0.2, -0.15) is 0 Å². The maximum atomic E-state index is 13.4. The minimum Gasteiger partial charge on any atom is -0.478 e. The summed E-state index contributed by atoms with van der Waals surface area (Å²) < 4.78 is 27.0. The number of nitrogens with one attached hydrogen (secondary N) is 1. The number of carboxylic acid groups (broad SMARTS) is 1. The maximum absolute atomic E-state index is 13.4. The van der Waals surface area contributed by atoms with E-state index in [1.807, 2.05) is 0 Å². The summed E-state index contributed by atoms with van der Waals surface area (Å²) in [7, 11) is 0. The van der Waals surface area contributed by atoms with Crippen LogP contribution in [0.2, 0.25) is 0 Å². The number of amides is 1. The zero-order chi connectivity index (χ0) is 16.3. The van der Waals surface area contributed by atoms with Gasteiger partial charge in [0.2, 0.25) is 5.91 Å². The second-order valence-corrected chi connectivity index (χ2v) is 4.36. The summed E-state index contributed by atoms with van der Waals surface area (Å²) in [4.78, 5) is 34.2. The van der Waals surface area contributed by atoms with Crippen molar-refractivity contribution in [2.24, 2.45) is 0 Å². The maximum Gasteiger partial charge on any atom is 0.337 e. The van der Waals surface area contributed by atoms with Gasteiger partial charge in [0.1, 0.15) is 18.2 Å². The summed E-state index contributed by atoms with van der Waals surface area (Å²) in [5.41, 5.74) is -0.992. The molecular formula is C14H10F2N2O4. The van der Waals surface area contributed by atoms with Gasteiger partial charge in [-0.05, 0) is 18.2 Å². The Kier molecular flexibility index (Phi) is 4.31. The number of anilines is 1. The van der Waals surface area contributed by atoms with Crippen LogP contribution in [0.4, 0.5) is 14.5 Å². The number of hydrogen-bond acceptors (Lipinski definition) is 3. The van der Waals surface area contributed by atoms with Crippen molar-refractivity contribution >= 4 is 17.6 Å². The first-order valence-corrected chi connectivity index (χ1v) is 6.05. The molecule has 0 aliphatic rings. The molecule has 0 aliphatic carbocycles. The fraction of sp³-hybridized carbons (Fsp3) is 0.0714. The summed E-state index contributed by atoms with van der Waals surface area (Å²) in [6, 6.07) is 4.73. The van der Waals surface area contributed by atoms with E-state index in [0.717, 1.165) is 35.0 Å². The van der Waals surface area contributed by atoms with Gasteiger partial charge in [-0.25, -0.2) is 13.6 Å². The molecule has 2 aromatic rings. The van der Waals surface area contributed by atoms with Crippen LogP contribution in [-0.2, 0) is 11.3 Å². The van der Waals surface area contributed by atoms with E-state index < -0.39 is 35.6 Å². The highest BCUT2D eigenvalue weighted by molar-refractivity contribution is 5.91. The molecule has 0 aliphatic heterocycles. The van der Waals surface area contributed by atoms with Gasteiger partial charge < -0.3 is 15.0 Å². The van der Waals surface area contributed by atoms with Crippen LogP contribution in [0.5, 0.6) is 0 Å². The van der Waals surface area contributed by atoms with E-state index in [1.165, 1.54) is 0 Å². The number of aromatic nitrogens is 1. The quantitative estimate of drug-likeness (QED) is 0.895. The Balaban J connectivity index is 2.17. The Labute approximate surface area is 122 Å². The van der Waals surface area contributed by atoms with E-state index in [1.54, 1.807) is 0 Å². The van der Waals surface area contributed by atoms with E-state index in [9.17, 15) is 23.2 Å². The molecule has 1 heterocycles. The molecule has 0 fully saturated rings. The predicted molar refractivity (Wildman–Crippen MR) is 72.6 cm³/mol. The summed E-state index contributed by atoms with van der Waals surface area (Å²) in [6.45, 7) is -0.503. The van der Waals surface area contributed by atoms with E-state index >= 15 is 0 Å². The Morgan fingerprint density at radius 2 is 1.91 bits per heavy atom. The number of hydrogen-bond donors (Lipinski definition) is 2. The van der Waals surface area contributed by atoms with Crippen LogP contribution >= 0.6 is 0 Å². The third kappa shape index (κ3) is 3.54. The van der Waals surface area contributed by atoms with Crippen LogP contribution in [0.25, 0.3) is 0 Å². The molecule has 2 N–H and O–H groups in total. The van der Waals surface area contributed by atoms with Gasteiger partial charge in [0, 0.05) is 18.3 Å². The summed E-state index contributed by atoms with van der Waals surface area (Å²) >= 11 is 0. The largest absolute Gasteiger partial charge is 0.478 e. The second-order valence-electron chi connectivity index (χ2n) is 4.36. The van der Waals surface area contributed by atoms with Crippen molar-refractivity contribution in [3.8, 4) is 0 Å². The number of carbonyl (C=O) groups is 2. The standard InChI is InChI=1S/C14H10F2N2O4/c15-9-2-3-11(10(16)5-9)17-12(19)7-18-6-8(14(21)22)1-4-13(18)20/h1-6H,7H2,(H,17,19)(H,21,22). The number of nitrogens with zero attached hydrogens (tertiary/aromatic N) is 1. The van der Waals surface area contributed by atoms with Crippen LogP contribution < -0.4 is 10.9 Å². The fourth-order valence-corrected chi connectivity index (χ4v) is 1.72. The lowest BCUT2D eigenvalue weighted by Gasteiger charge is -2.08. The molecule has 0 saturated heterocycles. The van der Waals surface area contributed by atoms with Crippen molar-refractivity contribution in [1.29, 1.82) is 0 Å². The van der Waals surface area contributed by atoms with Gasteiger partial charge in [0.05, 0.1) is 11.3 Å². The second kappa shape index (κ2) is 6.17. The average Bonchev–Trinajstić information content (AvgIpc) is 2.44. The van der Waals surface area contributed by atoms with Crippen molar-refractivity contribution < 1.29 is 23.5 Å². The first-order chi connectivity index (χ1) is 10.4. The van der Waals surface area contributed by atoms with Crippen molar-refractivity contribution in [1.82, 2.24) is 4.57 Å². The van der Waals surface area contributed by atoms with Crippen molar-refractivity contribution in [3.05, 3.63) is 64.1 Å². The summed E-state index contributed by atoms with van der Waals surface area (Å²) in [6.07, 6.45) is 1.01. The van der Waals surface area contributed by atoms with E-state index in [0.29, 0.717) is 6.07 Å². The number of aromatic carboxylic acids is 1. The Morgan fingerprint density at radius 1 is 1.18 bits per heavy atom. The molecule has 0 unspecified atom stereocenters. The van der Waals surface area contributed by atoms with Gasteiger partial charge >= 0.3 is 5.97 Å². The highest BCUT2D eigenvalue weighted by Gasteiger charge is 2.11. The van der Waals surface area contributed by atoms with Gasteiger partial charge in [-0.15, -0.1) is 0 Å². The van der Waals surface area contributed by atoms with Crippen LogP contribution in [0, 0.1) is 11.6 Å². The fourth-order valence-electron chi connectivity index (χ4n) is 1.72. The molecule has 1 amide bonds. The number of benzene rings is 1. The number of carbonyl (C=O) groups excluding carboxylic acids is 1. The third-order valence-corrected chi connectivity index (χ3v) is 2.75. The van der Waals surface area contributed by atoms with Crippen LogP contribution in [0.3, 0.4) is 0 Å². The monoisotopic (exact) mass is 308 g/mol. The molecule has 0 bridgehead atoms. The molecule has 22 heavy (non-hydrogen) atoms. The predicted octanol–water partition coefficient (Wildman–Crippen LogP) is 1.46. The smallest absolute Gasteiger partial charge is 0.337 e. The Morgan fingerprint density at radius 3 is 2.55 bits per heavy atom. The molecule has 0 saturated carbocycles. The van der Waals surface area contributed by atoms with Crippen molar-refractivity contribution in [3.63, 3.8) is 0 Å². The lowest BCUT2D eigenvalue weighted by atomic mass is 10.3. The first kappa shape index (κ1) is 15.4. The number of carboxylic acids is 1. The minimum atomic E-state index is -1.25. The summed E-state index contributed by atoms with van der Waals surface area (Å²) in [5, 5.41) is 11.0. The van der Waals surface area contributed by atoms with Crippen LogP contribution in [-0.4, -0.2) is 21.6 Å². The molecule has 8 heteroatoms. The summed E-state index contributed by atoms with van der Waals surface area (Å²) in [5.74, 6) is -3.75. The van der Waals surface area contributed by atoms with E-state index in [2.05, 4.69) is 5.32 Å². The molecule has 1 aromatic carbocycles. The van der Waals surface area contributed by atoms with E-state index in [-0.39, 0.29) is 11.3 Å². The van der Waals surface area contributed by atoms with Crippen molar-refractivity contribution in [2.45, 2.75) is 6.54 Å². The van der Waals surface area contributed by atoms with Crippen molar-refractivity contribution in [2.75, 3.05) is 5.32 Å². The first-order valence-electron chi connectivity index (χ1n) is 6.05. The molecule has 0 radical (unpaired) electrons. The van der Waals surface area contributed by atoms with Gasteiger partial charge in [-0.1, -0.05) is 0 Å². The highest BCUT2D eigenvalue weighted by Crippen LogP contribution is 2.14. The minimum absolute atomic E-state index is 0.166. The molecular weight excluding hydrogens is 298 g/mol. The number of pyridine rings is 1. The molecule has 1 aromatic heterocycles. The normalized spacial score (nSPS) is 10.3. The molecule has 0 atom stereocenters. The lowest BCUT2D eigenvalue weighted by molar-refractivity contribution is -0.116. The topological polar surface area (TPSA) is 88.4 Å². The Bertz CT molecular complexity index is 802. The lowest BCUT2D eigenvalue weighted by Crippen LogP contribution is -2.27. The van der Waals surface area contributed by atoms with Gasteiger partial charge in [-0.3, -0.25) is 9.59 Å². The highest BCUT2D eigenvalue weighted by atomic mass is 19.1. The van der Waals surface area contributed by atoms with Gasteiger partial charge in [0.25, 0.3) is 5.56 Å². The van der Waals surface area contributed by atoms with Crippen LogP contribution in [0.1, 0.15) is 10.4 Å². The van der Waals surface area contributed by atoms with Crippen LogP contribution in [0.15, 0.2) is 41.3 Å².